The summed E-state index contributed by atoms with van der Waals surface area (Å²) in [6, 6.07) is 5.70. The van der Waals surface area contributed by atoms with Gasteiger partial charge in [0, 0.05) is 22.3 Å². The van der Waals surface area contributed by atoms with Gasteiger partial charge in [0.15, 0.2) is 0 Å². The number of ether oxygens (including phenoxy) is 1. The third-order valence-corrected chi connectivity index (χ3v) is 2.91. The maximum Gasteiger partial charge on any atom is 0.138 e. The molecule has 0 aliphatic carbocycles. The highest BCUT2D eigenvalue weighted by Gasteiger charge is 2.16. The molecule has 5 heteroatoms. The Morgan fingerprint density at radius 2 is 2.00 bits per heavy atom. The lowest BCUT2D eigenvalue weighted by atomic mass is 10.0. The minimum absolute atomic E-state index is 0.00732. The van der Waals surface area contributed by atoms with Crippen molar-refractivity contribution in [2.45, 2.75) is 26.1 Å². The molecular formula is C15H15ClFNO2. The Morgan fingerprint density at radius 3 is 2.70 bits per heavy atom. The van der Waals surface area contributed by atoms with Gasteiger partial charge in [-0.2, -0.15) is 0 Å². The van der Waals surface area contributed by atoms with Crippen LogP contribution < -0.4 is 4.74 Å². The lowest BCUT2D eigenvalue weighted by Crippen LogP contribution is -2.08. The van der Waals surface area contributed by atoms with Crippen LogP contribution in [0.25, 0.3) is 0 Å². The van der Waals surface area contributed by atoms with Crippen molar-refractivity contribution < 1.29 is 14.2 Å². The van der Waals surface area contributed by atoms with E-state index in [2.05, 4.69) is 4.98 Å². The summed E-state index contributed by atoms with van der Waals surface area (Å²) in [7, 11) is 0. The molecular weight excluding hydrogens is 281 g/mol. The van der Waals surface area contributed by atoms with E-state index in [0.29, 0.717) is 16.3 Å². The molecule has 1 heterocycles. The van der Waals surface area contributed by atoms with Crippen LogP contribution in [0.15, 0.2) is 36.7 Å². The molecule has 0 saturated carbocycles. The Labute approximate surface area is 122 Å². The van der Waals surface area contributed by atoms with Crippen molar-refractivity contribution in [2.24, 2.45) is 0 Å². The van der Waals surface area contributed by atoms with E-state index in [1.807, 2.05) is 13.8 Å². The second-order valence-corrected chi connectivity index (χ2v) is 5.13. The van der Waals surface area contributed by atoms with Crippen molar-refractivity contribution in [3.63, 3.8) is 0 Å². The van der Waals surface area contributed by atoms with Gasteiger partial charge in [-0.3, -0.25) is 4.98 Å². The summed E-state index contributed by atoms with van der Waals surface area (Å²) in [5, 5.41) is 10.6. The molecule has 1 atom stereocenters. The van der Waals surface area contributed by atoms with Gasteiger partial charge in [0.1, 0.15) is 17.7 Å². The number of nitrogens with zero attached hydrogens (tertiary/aromatic N) is 1. The lowest BCUT2D eigenvalue weighted by Gasteiger charge is -2.15. The molecule has 0 aliphatic heterocycles. The van der Waals surface area contributed by atoms with Gasteiger partial charge in [0.2, 0.25) is 0 Å². The minimum Gasteiger partial charge on any atom is -0.489 e. The van der Waals surface area contributed by atoms with Gasteiger partial charge in [0.25, 0.3) is 0 Å². The number of halogens is 2. The van der Waals surface area contributed by atoms with Gasteiger partial charge >= 0.3 is 0 Å². The number of aliphatic hydroxyl groups is 1. The number of aliphatic hydroxyl groups excluding tert-OH is 1. The third-order valence-electron chi connectivity index (χ3n) is 2.67. The summed E-state index contributed by atoms with van der Waals surface area (Å²) in [6.07, 6.45) is 1.87. The smallest absolute Gasteiger partial charge is 0.138 e. The summed E-state index contributed by atoms with van der Waals surface area (Å²) < 4.78 is 19.2. The van der Waals surface area contributed by atoms with Gasteiger partial charge in [-0.25, -0.2) is 4.39 Å². The molecule has 2 aromatic rings. The Morgan fingerprint density at radius 1 is 1.25 bits per heavy atom. The Balaban J connectivity index is 2.33. The quantitative estimate of drug-likeness (QED) is 0.934. The largest absolute Gasteiger partial charge is 0.489 e. The number of hydrogen-bond acceptors (Lipinski definition) is 3. The van der Waals surface area contributed by atoms with Crippen LogP contribution in [0.2, 0.25) is 5.02 Å². The van der Waals surface area contributed by atoms with Crippen LogP contribution in [-0.4, -0.2) is 16.2 Å². The summed E-state index contributed by atoms with van der Waals surface area (Å²) in [4.78, 5) is 4.00. The van der Waals surface area contributed by atoms with Crippen molar-refractivity contribution in [2.75, 3.05) is 0 Å². The van der Waals surface area contributed by atoms with Crippen molar-refractivity contribution in [1.82, 2.24) is 4.98 Å². The molecule has 0 spiro atoms. The average Bonchev–Trinajstić information content (AvgIpc) is 2.40. The van der Waals surface area contributed by atoms with E-state index in [4.69, 9.17) is 16.3 Å². The topological polar surface area (TPSA) is 42.4 Å². The number of rotatable bonds is 4. The van der Waals surface area contributed by atoms with E-state index >= 15 is 0 Å². The second-order valence-electron chi connectivity index (χ2n) is 4.69. The maximum absolute atomic E-state index is 13.7. The predicted molar refractivity (Wildman–Crippen MR) is 75.5 cm³/mol. The summed E-state index contributed by atoms with van der Waals surface area (Å²) in [5.74, 6) is 0.0102. The molecule has 2 rings (SSSR count). The number of benzene rings is 1. The minimum atomic E-state index is -1.14. The molecule has 1 aromatic carbocycles. The van der Waals surface area contributed by atoms with Crippen molar-refractivity contribution >= 4 is 11.6 Å². The van der Waals surface area contributed by atoms with Crippen LogP contribution >= 0.6 is 11.6 Å². The normalized spacial score (nSPS) is 12.5. The van der Waals surface area contributed by atoms with Crippen LogP contribution in [-0.2, 0) is 0 Å². The zero-order chi connectivity index (χ0) is 14.7. The first kappa shape index (κ1) is 14.8. The van der Waals surface area contributed by atoms with E-state index < -0.39 is 11.9 Å². The lowest BCUT2D eigenvalue weighted by molar-refractivity contribution is 0.211. The fourth-order valence-electron chi connectivity index (χ4n) is 1.83. The number of pyridine rings is 1. The molecule has 1 aromatic heterocycles. The molecule has 1 unspecified atom stereocenters. The molecule has 20 heavy (non-hydrogen) atoms. The van der Waals surface area contributed by atoms with Crippen molar-refractivity contribution in [1.29, 1.82) is 0 Å². The molecule has 1 N–H and O–H groups in total. The molecule has 0 radical (unpaired) electrons. The summed E-state index contributed by atoms with van der Waals surface area (Å²) in [6.45, 7) is 3.78. The molecule has 0 aliphatic rings. The number of hydrogen-bond donors (Lipinski definition) is 1. The second kappa shape index (κ2) is 6.20. The molecule has 0 bridgehead atoms. The van der Waals surface area contributed by atoms with Gasteiger partial charge in [-0.05, 0) is 38.1 Å². The maximum atomic E-state index is 13.7. The monoisotopic (exact) mass is 295 g/mol. The highest BCUT2D eigenvalue weighted by molar-refractivity contribution is 6.30. The highest BCUT2D eigenvalue weighted by Crippen LogP contribution is 2.28. The van der Waals surface area contributed by atoms with Crippen LogP contribution in [0.4, 0.5) is 4.39 Å². The molecule has 3 nitrogen and oxygen atoms in total. The van der Waals surface area contributed by atoms with Crippen molar-refractivity contribution in [3.8, 4) is 5.75 Å². The van der Waals surface area contributed by atoms with Gasteiger partial charge in [-0.15, -0.1) is 0 Å². The van der Waals surface area contributed by atoms with Crippen LogP contribution in [0, 0.1) is 5.82 Å². The van der Waals surface area contributed by atoms with E-state index in [-0.39, 0.29) is 11.7 Å². The Kier molecular flexibility index (Phi) is 4.57. The average molecular weight is 296 g/mol. The fraction of sp³-hybridized carbons (Fsp3) is 0.267. The zero-order valence-corrected chi connectivity index (χ0v) is 11.9. The van der Waals surface area contributed by atoms with Crippen LogP contribution in [0.3, 0.4) is 0 Å². The van der Waals surface area contributed by atoms with E-state index in [1.54, 1.807) is 12.3 Å². The van der Waals surface area contributed by atoms with Crippen molar-refractivity contribution in [3.05, 3.63) is 58.6 Å². The highest BCUT2D eigenvalue weighted by atomic mass is 35.5. The Hall–Kier alpha value is -1.65. The van der Waals surface area contributed by atoms with E-state index in [9.17, 15) is 9.50 Å². The van der Waals surface area contributed by atoms with E-state index in [1.165, 1.54) is 24.4 Å². The SMILES string of the molecule is CC(C)Oc1cncc(C(O)c2cc(Cl)ccc2F)c1. The summed E-state index contributed by atoms with van der Waals surface area (Å²) in [5.41, 5.74) is 0.560. The molecule has 106 valence electrons. The third kappa shape index (κ3) is 3.46. The van der Waals surface area contributed by atoms with Crippen LogP contribution in [0.1, 0.15) is 31.1 Å². The standard InChI is InChI=1S/C15H15ClFNO2/c1-9(2)20-12-5-10(7-18-8-12)15(19)13-6-11(16)3-4-14(13)17/h3-9,15,19H,1-2H3. The predicted octanol–water partition coefficient (Wildman–Crippen LogP) is 3.74. The number of aromatic nitrogens is 1. The molecule has 0 saturated heterocycles. The first-order chi connectivity index (χ1) is 9.47. The summed E-state index contributed by atoms with van der Waals surface area (Å²) >= 11 is 5.83. The zero-order valence-electron chi connectivity index (χ0n) is 11.2. The van der Waals surface area contributed by atoms with Gasteiger partial charge in [0.05, 0.1) is 12.3 Å². The molecule has 0 amide bonds. The Bertz CT molecular complexity index is 604. The van der Waals surface area contributed by atoms with Gasteiger partial charge < -0.3 is 9.84 Å². The molecule has 0 fully saturated rings. The van der Waals surface area contributed by atoms with Crippen LogP contribution in [0.5, 0.6) is 5.75 Å². The van der Waals surface area contributed by atoms with Gasteiger partial charge in [-0.1, -0.05) is 11.6 Å². The fourth-order valence-corrected chi connectivity index (χ4v) is 2.01. The van der Waals surface area contributed by atoms with E-state index in [0.717, 1.165) is 0 Å². The first-order valence-electron chi connectivity index (χ1n) is 6.22. The first-order valence-corrected chi connectivity index (χ1v) is 6.60.